The Morgan fingerprint density at radius 1 is 1.00 bits per heavy atom. The molecule has 1 aliphatic carbocycles. The summed E-state index contributed by atoms with van der Waals surface area (Å²) in [5, 5.41) is 0. The van der Waals surface area contributed by atoms with Gasteiger partial charge >= 0.3 is 0 Å². The lowest BCUT2D eigenvalue weighted by molar-refractivity contribution is -0.379. The molecule has 0 heterocycles. The second-order valence-corrected chi connectivity index (χ2v) is 4.42. The minimum atomic E-state index is -0.909. The molecule has 0 amide bonds. The fraction of sp³-hybridized carbons (Fsp3) is 0.571. The maximum absolute atomic E-state index is 5.45. The number of hydrogen-bond acceptors (Lipinski definition) is 3. The lowest BCUT2D eigenvalue weighted by Gasteiger charge is -2.38. The molecule has 0 saturated carbocycles. The average Bonchev–Trinajstić information content (AvgIpc) is 2.41. The Balaban J connectivity index is 2.21. The van der Waals surface area contributed by atoms with Gasteiger partial charge in [0.15, 0.2) is 0 Å². The highest BCUT2D eigenvalue weighted by molar-refractivity contribution is 5.29. The summed E-state index contributed by atoms with van der Waals surface area (Å²) in [6.07, 6.45) is 3.01. The average molecular weight is 236 g/mol. The van der Waals surface area contributed by atoms with Crippen LogP contribution in [0.4, 0.5) is 0 Å². The Bertz CT molecular complexity index is 363. The molecule has 0 aliphatic heterocycles. The van der Waals surface area contributed by atoms with Crippen LogP contribution in [0, 0.1) is 5.92 Å². The van der Waals surface area contributed by atoms with Crippen LogP contribution in [0.1, 0.15) is 17.5 Å². The first-order chi connectivity index (χ1) is 8.25. The number of methoxy groups -OCH3 is 3. The third kappa shape index (κ3) is 2.23. The van der Waals surface area contributed by atoms with Crippen molar-refractivity contribution in [1.82, 2.24) is 0 Å². The molecule has 0 fully saturated rings. The van der Waals surface area contributed by atoms with E-state index in [1.807, 2.05) is 0 Å². The second kappa shape index (κ2) is 5.17. The fourth-order valence-corrected chi connectivity index (χ4v) is 2.75. The number of rotatable bonds is 4. The molecule has 17 heavy (non-hydrogen) atoms. The molecule has 1 atom stereocenters. The van der Waals surface area contributed by atoms with E-state index in [4.69, 9.17) is 14.2 Å². The van der Waals surface area contributed by atoms with Crippen LogP contribution in [-0.4, -0.2) is 27.3 Å². The largest absolute Gasteiger partial charge is 0.331 e. The number of benzene rings is 1. The molecule has 0 spiro atoms. The molecule has 0 radical (unpaired) electrons. The highest BCUT2D eigenvalue weighted by Crippen LogP contribution is 2.35. The zero-order valence-corrected chi connectivity index (χ0v) is 10.7. The normalized spacial score (nSPS) is 20.1. The molecule has 1 aromatic carbocycles. The van der Waals surface area contributed by atoms with Crippen LogP contribution in [0.25, 0.3) is 0 Å². The predicted molar refractivity (Wildman–Crippen MR) is 65.7 cm³/mol. The Hall–Kier alpha value is -0.900. The molecule has 0 bridgehead atoms. The van der Waals surface area contributed by atoms with Crippen LogP contribution in [0.5, 0.6) is 0 Å². The van der Waals surface area contributed by atoms with E-state index in [1.165, 1.54) is 11.1 Å². The maximum atomic E-state index is 5.45. The second-order valence-electron chi connectivity index (χ2n) is 4.42. The number of fused-ring (bicyclic) bond motifs is 1. The third-order valence-corrected chi connectivity index (χ3v) is 3.70. The maximum Gasteiger partial charge on any atom is 0.285 e. The molecule has 1 aromatic rings. The van der Waals surface area contributed by atoms with Gasteiger partial charge in [0.1, 0.15) is 0 Å². The van der Waals surface area contributed by atoms with Gasteiger partial charge in [0, 0.05) is 27.2 Å². The van der Waals surface area contributed by atoms with E-state index >= 15 is 0 Å². The van der Waals surface area contributed by atoms with Gasteiger partial charge in [-0.1, -0.05) is 24.3 Å². The first-order valence-electron chi connectivity index (χ1n) is 5.98. The summed E-state index contributed by atoms with van der Waals surface area (Å²) in [6.45, 7) is 0. The SMILES string of the molecule is COC(OC)(OC)C1CCc2ccccc2C1. The molecule has 1 aliphatic rings. The van der Waals surface area contributed by atoms with Crippen molar-refractivity contribution >= 4 is 0 Å². The zero-order chi connectivity index (χ0) is 12.3. The van der Waals surface area contributed by atoms with E-state index in [0.29, 0.717) is 0 Å². The van der Waals surface area contributed by atoms with E-state index < -0.39 is 5.97 Å². The summed E-state index contributed by atoms with van der Waals surface area (Å²) in [5.74, 6) is -0.675. The summed E-state index contributed by atoms with van der Waals surface area (Å²) >= 11 is 0. The highest BCUT2D eigenvalue weighted by Gasteiger charge is 2.41. The van der Waals surface area contributed by atoms with E-state index in [0.717, 1.165) is 19.3 Å². The van der Waals surface area contributed by atoms with Crippen molar-refractivity contribution in [2.24, 2.45) is 5.92 Å². The van der Waals surface area contributed by atoms with Gasteiger partial charge in [0.2, 0.25) is 0 Å². The summed E-state index contributed by atoms with van der Waals surface area (Å²) in [6, 6.07) is 8.54. The Morgan fingerprint density at radius 3 is 2.18 bits per heavy atom. The minimum Gasteiger partial charge on any atom is -0.331 e. The van der Waals surface area contributed by atoms with Crippen molar-refractivity contribution in [2.75, 3.05) is 21.3 Å². The molecule has 0 N–H and O–H groups in total. The summed E-state index contributed by atoms with van der Waals surface area (Å²) in [5.41, 5.74) is 2.81. The van der Waals surface area contributed by atoms with Crippen LogP contribution in [0.2, 0.25) is 0 Å². The van der Waals surface area contributed by atoms with Gasteiger partial charge in [0.05, 0.1) is 0 Å². The molecule has 0 aromatic heterocycles. The van der Waals surface area contributed by atoms with Crippen molar-refractivity contribution < 1.29 is 14.2 Å². The Morgan fingerprint density at radius 2 is 1.59 bits per heavy atom. The van der Waals surface area contributed by atoms with Gasteiger partial charge in [-0.15, -0.1) is 0 Å². The summed E-state index contributed by atoms with van der Waals surface area (Å²) in [7, 11) is 4.90. The monoisotopic (exact) mass is 236 g/mol. The highest BCUT2D eigenvalue weighted by atomic mass is 16.9. The zero-order valence-electron chi connectivity index (χ0n) is 10.7. The van der Waals surface area contributed by atoms with Crippen LogP contribution < -0.4 is 0 Å². The molecule has 2 rings (SSSR count). The topological polar surface area (TPSA) is 27.7 Å². The van der Waals surface area contributed by atoms with Gasteiger partial charge in [-0.05, 0) is 30.4 Å². The molecular weight excluding hydrogens is 216 g/mol. The van der Waals surface area contributed by atoms with Crippen LogP contribution >= 0.6 is 0 Å². The van der Waals surface area contributed by atoms with Gasteiger partial charge in [-0.3, -0.25) is 0 Å². The number of aryl methyl sites for hydroxylation is 1. The predicted octanol–water partition coefficient (Wildman–Crippen LogP) is 2.38. The van der Waals surface area contributed by atoms with E-state index in [-0.39, 0.29) is 5.92 Å². The number of ether oxygens (including phenoxy) is 3. The minimum absolute atomic E-state index is 0.234. The lowest BCUT2D eigenvalue weighted by atomic mass is 9.82. The van der Waals surface area contributed by atoms with Gasteiger partial charge in [-0.2, -0.15) is 0 Å². The van der Waals surface area contributed by atoms with Crippen molar-refractivity contribution in [1.29, 1.82) is 0 Å². The first kappa shape index (κ1) is 12.6. The Labute approximate surface area is 103 Å². The Kier molecular flexibility index (Phi) is 3.82. The van der Waals surface area contributed by atoms with E-state index in [9.17, 15) is 0 Å². The van der Waals surface area contributed by atoms with E-state index in [1.54, 1.807) is 21.3 Å². The van der Waals surface area contributed by atoms with Crippen molar-refractivity contribution in [3.63, 3.8) is 0 Å². The van der Waals surface area contributed by atoms with Crippen molar-refractivity contribution in [3.05, 3.63) is 35.4 Å². The quantitative estimate of drug-likeness (QED) is 0.751. The summed E-state index contributed by atoms with van der Waals surface area (Å²) < 4.78 is 16.3. The van der Waals surface area contributed by atoms with E-state index in [2.05, 4.69) is 24.3 Å². The van der Waals surface area contributed by atoms with Gasteiger partial charge < -0.3 is 14.2 Å². The van der Waals surface area contributed by atoms with Crippen molar-refractivity contribution in [2.45, 2.75) is 25.2 Å². The smallest absolute Gasteiger partial charge is 0.285 e. The van der Waals surface area contributed by atoms with Crippen LogP contribution in [0.3, 0.4) is 0 Å². The molecule has 3 heteroatoms. The van der Waals surface area contributed by atoms with Gasteiger partial charge in [-0.25, -0.2) is 0 Å². The number of hydrogen-bond donors (Lipinski definition) is 0. The molecule has 3 nitrogen and oxygen atoms in total. The fourth-order valence-electron chi connectivity index (χ4n) is 2.75. The van der Waals surface area contributed by atoms with Crippen molar-refractivity contribution in [3.8, 4) is 0 Å². The summed E-state index contributed by atoms with van der Waals surface area (Å²) in [4.78, 5) is 0. The third-order valence-electron chi connectivity index (χ3n) is 3.70. The molecule has 1 unspecified atom stereocenters. The lowest BCUT2D eigenvalue weighted by Crippen LogP contribution is -2.46. The van der Waals surface area contributed by atoms with Crippen LogP contribution in [0.15, 0.2) is 24.3 Å². The van der Waals surface area contributed by atoms with Gasteiger partial charge in [0.25, 0.3) is 5.97 Å². The molecule has 0 saturated heterocycles. The first-order valence-corrected chi connectivity index (χ1v) is 5.98. The standard InChI is InChI=1S/C14H20O3/c1-15-14(16-2,17-3)13-9-8-11-6-4-5-7-12(11)10-13/h4-7,13H,8-10H2,1-3H3. The molecule has 94 valence electrons. The van der Waals surface area contributed by atoms with Crippen LogP contribution in [-0.2, 0) is 27.1 Å². The molecular formula is C14H20O3.